The summed E-state index contributed by atoms with van der Waals surface area (Å²) in [7, 11) is 2.69. The highest BCUT2D eigenvalue weighted by Gasteiger charge is 2.33. The molecule has 2 heterocycles. The summed E-state index contributed by atoms with van der Waals surface area (Å²) in [5.74, 6) is 0.668. The van der Waals surface area contributed by atoms with Gasteiger partial charge >= 0.3 is 5.97 Å². The zero-order valence-electron chi connectivity index (χ0n) is 19.4. The summed E-state index contributed by atoms with van der Waals surface area (Å²) in [5.41, 5.74) is -0.548. The largest absolute Gasteiger partial charge is 0.497 e. The highest BCUT2D eigenvalue weighted by molar-refractivity contribution is 5.99. The topological polar surface area (TPSA) is 167 Å². The van der Waals surface area contributed by atoms with Crippen molar-refractivity contribution < 1.29 is 28.6 Å². The fraction of sp³-hybridized carbons (Fsp3) is 0.318. The van der Waals surface area contributed by atoms with Crippen LogP contribution >= 0.6 is 0 Å². The summed E-state index contributed by atoms with van der Waals surface area (Å²) in [6.07, 6.45) is 0. The van der Waals surface area contributed by atoms with Crippen LogP contribution in [0.5, 0.6) is 5.75 Å². The van der Waals surface area contributed by atoms with Crippen LogP contribution in [0.2, 0.25) is 0 Å². The number of anilines is 1. The Morgan fingerprint density at radius 3 is 2.33 bits per heavy atom. The van der Waals surface area contributed by atoms with Crippen LogP contribution in [0.1, 0.15) is 16.2 Å². The molecule has 14 nitrogen and oxygen atoms in total. The number of nitro groups is 2. The number of ether oxygens (including phenoxy) is 2. The highest BCUT2D eigenvalue weighted by Crippen LogP contribution is 2.37. The van der Waals surface area contributed by atoms with Gasteiger partial charge in [-0.25, -0.2) is 4.79 Å². The number of non-ortho nitro benzene ring substituents is 1. The third kappa shape index (κ3) is 5.07. The zero-order chi connectivity index (χ0) is 25.8. The van der Waals surface area contributed by atoms with Gasteiger partial charge in [0, 0.05) is 37.8 Å². The summed E-state index contributed by atoms with van der Waals surface area (Å²) in [5, 5.41) is 27.0. The normalized spacial score (nSPS) is 13.9. The molecule has 0 atom stereocenters. The van der Waals surface area contributed by atoms with Gasteiger partial charge in [0.25, 0.3) is 11.4 Å². The second kappa shape index (κ2) is 10.4. The van der Waals surface area contributed by atoms with Crippen LogP contribution in [-0.2, 0) is 11.3 Å². The zero-order valence-corrected chi connectivity index (χ0v) is 19.4. The lowest BCUT2D eigenvalue weighted by Gasteiger charge is -2.35. The molecule has 0 unspecified atom stereocenters. The summed E-state index contributed by atoms with van der Waals surface area (Å²) < 4.78 is 15.3. The van der Waals surface area contributed by atoms with Crippen molar-refractivity contribution in [1.82, 2.24) is 15.0 Å². The van der Waals surface area contributed by atoms with Gasteiger partial charge in [-0.15, -0.1) is 0 Å². The number of piperazine rings is 1. The van der Waals surface area contributed by atoms with Crippen molar-refractivity contribution >= 4 is 23.0 Å². The molecule has 36 heavy (non-hydrogen) atoms. The van der Waals surface area contributed by atoms with Crippen molar-refractivity contribution in [2.24, 2.45) is 0 Å². The van der Waals surface area contributed by atoms with Gasteiger partial charge in [0.05, 0.1) is 42.2 Å². The van der Waals surface area contributed by atoms with E-state index in [4.69, 9.17) is 14.0 Å². The number of methoxy groups -OCH3 is 2. The van der Waals surface area contributed by atoms with Gasteiger partial charge in [-0.3, -0.25) is 25.1 Å². The molecular formula is C22H22N6O8. The van der Waals surface area contributed by atoms with Gasteiger partial charge in [-0.2, -0.15) is 4.98 Å². The fourth-order valence-corrected chi connectivity index (χ4v) is 3.94. The van der Waals surface area contributed by atoms with Crippen LogP contribution < -0.4 is 9.64 Å². The Balaban J connectivity index is 1.49. The Morgan fingerprint density at radius 1 is 1.06 bits per heavy atom. The average molecular weight is 498 g/mol. The van der Waals surface area contributed by atoms with Crippen LogP contribution in [0, 0.1) is 20.2 Å². The molecule has 1 aliphatic heterocycles. The van der Waals surface area contributed by atoms with Crippen molar-refractivity contribution in [3.8, 4) is 17.1 Å². The molecule has 0 radical (unpaired) electrons. The highest BCUT2D eigenvalue weighted by atomic mass is 16.6. The molecule has 0 amide bonds. The average Bonchev–Trinajstić information content (AvgIpc) is 3.36. The van der Waals surface area contributed by atoms with Crippen molar-refractivity contribution in [2.75, 3.05) is 45.3 Å². The van der Waals surface area contributed by atoms with E-state index >= 15 is 0 Å². The predicted octanol–water partition coefficient (Wildman–Crippen LogP) is 2.67. The monoisotopic (exact) mass is 498 g/mol. The molecule has 188 valence electrons. The second-order valence-corrected chi connectivity index (χ2v) is 7.87. The number of hydrogen-bond donors (Lipinski definition) is 0. The molecule has 3 aromatic rings. The van der Waals surface area contributed by atoms with Crippen LogP contribution in [0.15, 0.2) is 40.9 Å². The first-order chi connectivity index (χ1) is 17.3. The number of carbonyl (C=O) groups excluding carboxylic acids is 1. The third-order valence-corrected chi connectivity index (χ3v) is 5.75. The summed E-state index contributed by atoms with van der Waals surface area (Å²) in [6, 6.07) is 9.09. The Kier molecular flexibility index (Phi) is 7.05. The van der Waals surface area contributed by atoms with Crippen molar-refractivity contribution in [3.05, 3.63) is 68.1 Å². The first-order valence-electron chi connectivity index (χ1n) is 10.8. The molecule has 0 N–H and O–H groups in total. The standard InChI is InChI=1S/C22H22N6O8/c1-34-16-5-3-14(4-6-16)21-23-19(36-24-21)13-25-7-9-26(10-8-25)20-17(22(29)35-2)11-15(27(30)31)12-18(20)28(32)33/h3-6,11-12H,7-10,13H2,1-2H3. The quantitative estimate of drug-likeness (QED) is 0.253. The molecule has 1 saturated heterocycles. The number of hydrogen-bond acceptors (Lipinski definition) is 12. The van der Waals surface area contributed by atoms with Crippen molar-refractivity contribution in [3.63, 3.8) is 0 Å². The third-order valence-electron chi connectivity index (χ3n) is 5.75. The molecule has 0 spiro atoms. The molecule has 1 aromatic heterocycles. The first-order valence-corrected chi connectivity index (χ1v) is 10.8. The van der Waals surface area contributed by atoms with Crippen LogP contribution in [0.4, 0.5) is 17.1 Å². The van der Waals surface area contributed by atoms with E-state index < -0.39 is 27.2 Å². The Hall–Kier alpha value is -4.59. The Morgan fingerprint density at radius 2 is 1.75 bits per heavy atom. The van der Waals surface area contributed by atoms with Gasteiger partial charge in [0.15, 0.2) is 0 Å². The van der Waals surface area contributed by atoms with E-state index in [9.17, 15) is 25.0 Å². The van der Waals surface area contributed by atoms with Crippen molar-refractivity contribution in [1.29, 1.82) is 0 Å². The number of nitro benzene ring substituents is 2. The maximum atomic E-state index is 12.3. The first kappa shape index (κ1) is 24.5. The summed E-state index contributed by atoms with van der Waals surface area (Å²) >= 11 is 0. The van der Waals surface area contributed by atoms with E-state index in [-0.39, 0.29) is 11.3 Å². The van der Waals surface area contributed by atoms with E-state index in [1.807, 2.05) is 17.0 Å². The summed E-state index contributed by atoms with van der Waals surface area (Å²) in [6.45, 7) is 1.94. The minimum absolute atomic E-state index is 0.00307. The van der Waals surface area contributed by atoms with Gasteiger partial charge < -0.3 is 18.9 Å². The van der Waals surface area contributed by atoms with E-state index in [1.165, 1.54) is 0 Å². The molecule has 1 fully saturated rings. The van der Waals surface area contributed by atoms with Crippen LogP contribution in [-0.4, -0.2) is 71.3 Å². The molecular weight excluding hydrogens is 476 g/mol. The fourth-order valence-electron chi connectivity index (χ4n) is 3.94. The number of carbonyl (C=O) groups is 1. The molecule has 1 aliphatic rings. The van der Waals surface area contributed by atoms with Gasteiger partial charge in [-0.05, 0) is 24.3 Å². The second-order valence-electron chi connectivity index (χ2n) is 7.87. The van der Waals surface area contributed by atoms with E-state index in [1.54, 1.807) is 24.1 Å². The molecule has 0 saturated carbocycles. The predicted molar refractivity (Wildman–Crippen MR) is 125 cm³/mol. The Labute approximate surface area is 204 Å². The maximum Gasteiger partial charge on any atom is 0.340 e. The number of rotatable bonds is 8. The smallest absolute Gasteiger partial charge is 0.340 e. The van der Waals surface area contributed by atoms with E-state index in [2.05, 4.69) is 10.1 Å². The number of esters is 1. The number of nitrogens with zero attached hydrogens (tertiary/aromatic N) is 6. The van der Waals surface area contributed by atoms with Gasteiger partial charge in [0.2, 0.25) is 11.7 Å². The SMILES string of the molecule is COC(=O)c1cc([N+](=O)[O-])cc([N+](=O)[O-])c1N1CCN(Cc2nc(-c3ccc(OC)cc3)no2)CC1. The van der Waals surface area contributed by atoms with Crippen LogP contribution in [0.3, 0.4) is 0 Å². The maximum absolute atomic E-state index is 12.3. The molecule has 0 aliphatic carbocycles. The van der Waals surface area contributed by atoms with Crippen LogP contribution in [0.25, 0.3) is 11.4 Å². The van der Waals surface area contributed by atoms with Gasteiger partial charge in [-0.1, -0.05) is 5.16 Å². The lowest BCUT2D eigenvalue weighted by molar-refractivity contribution is -0.393. The lowest BCUT2D eigenvalue weighted by Crippen LogP contribution is -2.46. The van der Waals surface area contributed by atoms with E-state index in [0.29, 0.717) is 50.2 Å². The molecule has 0 bridgehead atoms. The number of aromatic nitrogens is 2. The molecule has 2 aromatic carbocycles. The number of benzene rings is 2. The molecule has 4 rings (SSSR count). The minimum Gasteiger partial charge on any atom is -0.497 e. The lowest BCUT2D eigenvalue weighted by atomic mass is 10.1. The van der Waals surface area contributed by atoms with Crippen molar-refractivity contribution in [2.45, 2.75) is 6.54 Å². The molecule has 14 heteroatoms. The Bertz CT molecular complexity index is 1280. The minimum atomic E-state index is -0.892. The van der Waals surface area contributed by atoms with E-state index in [0.717, 1.165) is 24.8 Å². The van der Waals surface area contributed by atoms with Gasteiger partial charge in [0.1, 0.15) is 11.4 Å². The summed E-state index contributed by atoms with van der Waals surface area (Å²) in [4.78, 5) is 41.9.